The summed E-state index contributed by atoms with van der Waals surface area (Å²) in [7, 11) is 1.75. The summed E-state index contributed by atoms with van der Waals surface area (Å²) in [5.74, 6) is -0.887. The Kier molecular flexibility index (Phi) is 5.87. The second kappa shape index (κ2) is 7.11. The van der Waals surface area contributed by atoms with E-state index in [0.29, 0.717) is 5.69 Å². The minimum absolute atomic E-state index is 0.0839. The zero-order valence-electron chi connectivity index (χ0n) is 15.8. The lowest BCUT2D eigenvalue weighted by Crippen LogP contribution is -2.29. The van der Waals surface area contributed by atoms with Gasteiger partial charge in [0.1, 0.15) is 12.1 Å². The minimum Gasteiger partial charge on any atom is -0.480 e. The van der Waals surface area contributed by atoms with Crippen LogP contribution in [0.4, 0.5) is 16.2 Å². The molecule has 0 saturated carbocycles. The van der Waals surface area contributed by atoms with E-state index in [9.17, 15) is 9.59 Å². The number of carbonyl (C=O) groups is 2. The quantitative estimate of drug-likeness (QED) is 0.874. The minimum atomic E-state index is -0.887. The van der Waals surface area contributed by atoms with Crippen LogP contribution in [0.15, 0.2) is 0 Å². The van der Waals surface area contributed by atoms with E-state index in [-0.39, 0.29) is 6.54 Å². The Labute approximate surface area is 143 Å². The van der Waals surface area contributed by atoms with Crippen LogP contribution in [0.1, 0.15) is 43.0 Å². The topological polar surface area (TPSA) is 78.9 Å². The van der Waals surface area contributed by atoms with Gasteiger partial charge in [0.2, 0.25) is 0 Å². The number of anilines is 2. The summed E-state index contributed by atoms with van der Waals surface area (Å²) >= 11 is 0. The molecule has 6 nitrogen and oxygen atoms in total. The molecule has 0 fully saturated rings. The Hall–Kier alpha value is -2.24. The fraction of sp³-hybridized carbons (Fsp3) is 0.556. The smallest absolute Gasteiger partial charge is 0.412 e. The molecule has 0 aliphatic heterocycles. The van der Waals surface area contributed by atoms with Crippen molar-refractivity contribution in [3.05, 3.63) is 22.3 Å². The van der Waals surface area contributed by atoms with E-state index in [0.717, 1.165) is 27.9 Å². The molecule has 1 aromatic carbocycles. The van der Waals surface area contributed by atoms with Crippen molar-refractivity contribution in [1.29, 1.82) is 0 Å². The SMILES string of the molecule is Cc1c(C)c(N(C)CC(=O)O)c(C)c(C)c1NC(=O)OC(C)(C)C. The van der Waals surface area contributed by atoms with E-state index in [1.807, 2.05) is 48.5 Å². The maximum atomic E-state index is 12.1. The van der Waals surface area contributed by atoms with Crippen LogP contribution in [-0.4, -0.2) is 36.4 Å². The van der Waals surface area contributed by atoms with Gasteiger partial charge in [-0.1, -0.05) is 0 Å². The number of nitrogens with zero attached hydrogens (tertiary/aromatic N) is 1. The third-order valence-corrected chi connectivity index (χ3v) is 3.97. The molecule has 0 spiro atoms. The molecule has 134 valence electrons. The van der Waals surface area contributed by atoms with Crippen LogP contribution >= 0.6 is 0 Å². The number of ether oxygens (including phenoxy) is 1. The first-order chi connectivity index (χ1) is 10.8. The molecule has 0 aliphatic rings. The predicted molar refractivity (Wildman–Crippen MR) is 96.2 cm³/mol. The zero-order chi connectivity index (χ0) is 18.8. The van der Waals surface area contributed by atoms with Gasteiger partial charge in [0.15, 0.2) is 0 Å². The third kappa shape index (κ3) is 4.63. The molecule has 6 heteroatoms. The lowest BCUT2D eigenvalue weighted by Gasteiger charge is -2.27. The van der Waals surface area contributed by atoms with E-state index in [1.165, 1.54) is 0 Å². The summed E-state index contributed by atoms with van der Waals surface area (Å²) in [6.07, 6.45) is -0.501. The fourth-order valence-corrected chi connectivity index (χ4v) is 2.74. The highest BCUT2D eigenvalue weighted by Crippen LogP contribution is 2.36. The Morgan fingerprint density at radius 1 is 1.04 bits per heavy atom. The van der Waals surface area contributed by atoms with Gasteiger partial charge in [-0.2, -0.15) is 0 Å². The molecular formula is C18H28N2O4. The molecule has 0 heterocycles. The predicted octanol–water partition coefficient (Wildman–Crippen LogP) is 3.79. The lowest BCUT2D eigenvalue weighted by atomic mass is 9.95. The van der Waals surface area contributed by atoms with Gasteiger partial charge in [-0.25, -0.2) is 4.79 Å². The number of carboxylic acids is 1. The van der Waals surface area contributed by atoms with E-state index < -0.39 is 17.7 Å². The molecule has 1 amide bonds. The molecule has 1 rings (SSSR count). The molecule has 0 aliphatic carbocycles. The van der Waals surface area contributed by atoms with Crippen molar-refractivity contribution in [2.75, 3.05) is 23.8 Å². The fourth-order valence-electron chi connectivity index (χ4n) is 2.74. The maximum Gasteiger partial charge on any atom is 0.412 e. The van der Waals surface area contributed by atoms with Crippen molar-refractivity contribution in [2.45, 2.75) is 54.1 Å². The summed E-state index contributed by atoms with van der Waals surface area (Å²) < 4.78 is 5.32. The van der Waals surface area contributed by atoms with Crippen molar-refractivity contribution in [1.82, 2.24) is 0 Å². The first kappa shape index (κ1) is 19.8. The number of carboxylic acid groups (broad SMARTS) is 1. The molecule has 0 unspecified atom stereocenters. The molecular weight excluding hydrogens is 308 g/mol. The number of benzene rings is 1. The summed E-state index contributed by atoms with van der Waals surface area (Å²) in [4.78, 5) is 24.8. The van der Waals surface area contributed by atoms with Crippen molar-refractivity contribution in [2.24, 2.45) is 0 Å². The molecule has 0 saturated heterocycles. The van der Waals surface area contributed by atoms with Crippen LogP contribution in [0.2, 0.25) is 0 Å². The summed E-state index contributed by atoms with van der Waals surface area (Å²) in [6.45, 7) is 13.0. The number of hydrogen-bond acceptors (Lipinski definition) is 4. The molecule has 24 heavy (non-hydrogen) atoms. The third-order valence-electron chi connectivity index (χ3n) is 3.97. The van der Waals surface area contributed by atoms with Crippen molar-refractivity contribution < 1.29 is 19.4 Å². The number of hydrogen-bond donors (Lipinski definition) is 2. The molecule has 2 N–H and O–H groups in total. The van der Waals surface area contributed by atoms with Crippen LogP contribution in [0.25, 0.3) is 0 Å². The first-order valence-electron chi connectivity index (χ1n) is 7.88. The summed E-state index contributed by atoms with van der Waals surface area (Å²) in [5.41, 5.74) is 4.69. The van der Waals surface area contributed by atoms with Gasteiger partial charge in [0.25, 0.3) is 0 Å². The van der Waals surface area contributed by atoms with Gasteiger partial charge in [-0.15, -0.1) is 0 Å². The lowest BCUT2D eigenvalue weighted by molar-refractivity contribution is -0.135. The number of rotatable bonds is 4. The Morgan fingerprint density at radius 2 is 1.50 bits per heavy atom. The second-order valence-corrected chi connectivity index (χ2v) is 7.10. The van der Waals surface area contributed by atoms with Crippen LogP contribution in [0.5, 0.6) is 0 Å². The van der Waals surface area contributed by atoms with Crippen molar-refractivity contribution in [3.63, 3.8) is 0 Å². The maximum absolute atomic E-state index is 12.1. The van der Waals surface area contributed by atoms with E-state index >= 15 is 0 Å². The largest absolute Gasteiger partial charge is 0.480 e. The zero-order valence-corrected chi connectivity index (χ0v) is 15.8. The van der Waals surface area contributed by atoms with Gasteiger partial charge < -0.3 is 14.7 Å². The first-order valence-corrected chi connectivity index (χ1v) is 7.88. The molecule has 0 radical (unpaired) electrons. The monoisotopic (exact) mass is 336 g/mol. The number of carbonyl (C=O) groups excluding carboxylic acids is 1. The standard InChI is InChI=1S/C18H28N2O4/c1-10-12(3)16(20(8)9-14(21)22)13(4)11(2)15(10)19-17(23)24-18(5,6)7/h9H2,1-8H3,(H,19,23)(H,21,22). The number of amides is 1. The molecule has 0 atom stereocenters. The number of nitrogens with one attached hydrogen (secondary N) is 1. The van der Waals surface area contributed by atoms with Gasteiger partial charge in [0.05, 0.1) is 5.69 Å². The van der Waals surface area contributed by atoms with Crippen molar-refractivity contribution in [3.8, 4) is 0 Å². The highest BCUT2D eigenvalue weighted by molar-refractivity contribution is 5.89. The van der Waals surface area contributed by atoms with Gasteiger partial charge >= 0.3 is 12.1 Å². The van der Waals surface area contributed by atoms with Gasteiger partial charge in [0, 0.05) is 12.7 Å². The average molecular weight is 336 g/mol. The highest BCUT2D eigenvalue weighted by Gasteiger charge is 2.22. The average Bonchev–Trinajstić information content (AvgIpc) is 2.39. The normalized spacial score (nSPS) is 11.2. The highest BCUT2D eigenvalue weighted by atomic mass is 16.6. The number of likely N-dealkylation sites (N-methyl/N-ethyl adjacent to an activating group) is 1. The molecule has 1 aromatic rings. The van der Waals surface area contributed by atoms with Gasteiger partial charge in [-0.3, -0.25) is 10.1 Å². The Morgan fingerprint density at radius 3 is 1.88 bits per heavy atom. The van der Waals surface area contributed by atoms with Crippen LogP contribution < -0.4 is 10.2 Å². The Balaban J connectivity index is 3.27. The summed E-state index contributed by atoms with van der Waals surface area (Å²) in [5, 5.41) is 11.9. The Bertz CT molecular complexity index is 631. The van der Waals surface area contributed by atoms with Crippen LogP contribution in [0.3, 0.4) is 0 Å². The molecule has 0 bridgehead atoms. The van der Waals surface area contributed by atoms with Crippen LogP contribution in [-0.2, 0) is 9.53 Å². The molecule has 0 aromatic heterocycles. The van der Waals surface area contributed by atoms with Gasteiger partial charge in [-0.05, 0) is 70.7 Å². The van der Waals surface area contributed by atoms with E-state index in [1.54, 1.807) is 11.9 Å². The van der Waals surface area contributed by atoms with E-state index in [2.05, 4.69) is 5.32 Å². The second-order valence-electron chi connectivity index (χ2n) is 7.10. The van der Waals surface area contributed by atoms with Crippen LogP contribution in [0, 0.1) is 27.7 Å². The number of aliphatic carboxylic acids is 1. The summed E-state index contributed by atoms with van der Waals surface area (Å²) in [6, 6.07) is 0. The van der Waals surface area contributed by atoms with E-state index in [4.69, 9.17) is 9.84 Å². The van der Waals surface area contributed by atoms with Crippen molar-refractivity contribution >= 4 is 23.4 Å².